The van der Waals surface area contributed by atoms with Crippen LogP contribution >= 0.6 is 0 Å². The molecule has 1 fully saturated rings. The van der Waals surface area contributed by atoms with E-state index in [0.717, 1.165) is 24.8 Å². The van der Waals surface area contributed by atoms with Crippen molar-refractivity contribution in [1.82, 2.24) is 20.3 Å². The zero-order chi connectivity index (χ0) is 22.1. The van der Waals surface area contributed by atoms with E-state index in [9.17, 15) is 14.0 Å². The minimum atomic E-state index is -0.982. The van der Waals surface area contributed by atoms with E-state index in [0.29, 0.717) is 23.0 Å². The summed E-state index contributed by atoms with van der Waals surface area (Å²) < 4.78 is 18.7. The molecule has 3 N–H and O–H groups in total. The molecule has 4 rings (SSSR count). The number of H-pyrrole nitrogens is 1. The normalized spacial score (nSPS) is 18.8. The Hall–Kier alpha value is -3.53. The SMILES string of the molecule is COc1ncc2c(N3C[C@@H](C)N[C@H](C)C3)ccc(C(=O)Nc3c[nH]c(=O)c(F)c3)c2n1. The highest BCUT2D eigenvalue weighted by atomic mass is 19.1. The third-order valence-corrected chi connectivity index (χ3v) is 5.15. The maximum Gasteiger partial charge on any atom is 0.316 e. The maximum absolute atomic E-state index is 13.6. The average molecular weight is 426 g/mol. The number of carbonyl (C=O) groups is 1. The number of nitrogens with one attached hydrogen (secondary N) is 3. The fraction of sp³-hybridized carbons (Fsp3) is 0.333. The average Bonchev–Trinajstić information content (AvgIpc) is 2.74. The fourth-order valence-electron chi connectivity index (χ4n) is 3.90. The Labute approximate surface area is 177 Å². The predicted molar refractivity (Wildman–Crippen MR) is 115 cm³/mol. The van der Waals surface area contributed by atoms with E-state index in [1.165, 1.54) is 13.3 Å². The monoisotopic (exact) mass is 426 g/mol. The number of aromatic nitrogens is 3. The van der Waals surface area contributed by atoms with Crippen LogP contribution in [0.15, 0.2) is 35.4 Å². The van der Waals surface area contributed by atoms with E-state index in [-0.39, 0.29) is 17.3 Å². The lowest BCUT2D eigenvalue weighted by Gasteiger charge is -2.38. The van der Waals surface area contributed by atoms with Crippen molar-refractivity contribution >= 4 is 28.2 Å². The van der Waals surface area contributed by atoms with Gasteiger partial charge in [-0.1, -0.05) is 0 Å². The van der Waals surface area contributed by atoms with Crippen LogP contribution in [-0.4, -0.2) is 53.1 Å². The molecule has 9 nitrogen and oxygen atoms in total. The first-order chi connectivity index (χ1) is 14.9. The number of hydrogen-bond donors (Lipinski definition) is 3. The Kier molecular flexibility index (Phi) is 5.55. The zero-order valence-electron chi connectivity index (χ0n) is 17.4. The second-order valence-corrected chi connectivity index (χ2v) is 7.64. The van der Waals surface area contributed by atoms with Gasteiger partial charge in [0.05, 0.1) is 23.9 Å². The van der Waals surface area contributed by atoms with Crippen LogP contribution in [0.3, 0.4) is 0 Å². The number of rotatable bonds is 4. The Morgan fingerprint density at radius 1 is 1.29 bits per heavy atom. The highest BCUT2D eigenvalue weighted by Gasteiger charge is 2.24. The molecule has 0 saturated carbocycles. The minimum absolute atomic E-state index is 0.130. The number of piperazine rings is 1. The maximum atomic E-state index is 13.6. The molecule has 3 aromatic rings. The Balaban J connectivity index is 1.76. The zero-order valence-corrected chi connectivity index (χ0v) is 17.4. The highest BCUT2D eigenvalue weighted by molar-refractivity contribution is 6.13. The molecule has 162 valence electrons. The van der Waals surface area contributed by atoms with Gasteiger partial charge in [0.1, 0.15) is 0 Å². The van der Waals surface area contributed by atoms with Gasteiger partial charge in [0.25, 0.3) is 11.5 Å². The molecule has 0 aliphatic carbocycles. The number of ether oxygens (including phenoxy) is 1. The Morgan fingerprint density at radius 2 is 2.03 bits per heavy atom. The van der Waals surface area contributed by atoms with Crippen LogP contribution in [0.1, 0.15) is 24.2 Å². The van der Waals surface area contributed by atoms with Gasteiger partial charge in [-0.15, -0.1) is 0 Å². The molecule has 1 amide bonds. The number of nitrogens with zero attached hydrogens (tertiary/aromatic N) is 3. The number of hydrogen-bond acceptors (Lipinski definition) is 7. The van der Waals surface area contributed by atoms with Crippen LogP contribution < -0.4 is 25.8 Å². The van der Waals surface area contributed by atoms with E-state index in [1.807, 2.05) is 6.07 Å². The molecular weight excluding hydrogens is 403 g/mol. The van der Waals surface area contributed by atoms with E-state index in [4.69, 9.17) is 4.74 Å². The molecule has 0 bridgehead atoms. The smallest absolute Gasteiger partial charge is 0.316 e. The topological polar surface area (TPSA) is 112 Å². The largest absolute Gasteiger partial charge is 0.467 e. The van der Waals surface area contributed by atoms with E-state index >= 15 is 0 Å². The second kappa shape index (κ2) is 8.31. The number of halogens is 1. The molecule has 0 spiro atoms. The molecule has 1 aliphatic rings. The van der Waals surface area contributed by atoms with Crippen molar-refractivity contribution in [1.29, 1.82) is 0 Å². The lowest BCUT2D eigenvalue weighted by molar-refractivity contribution is 0.102. The Bertz CT molecular complexity index is 1190. The van der Waals surface area contributed by atoms with Gasteiger partial charge in [0, 0.05) is 54.7 Å². The van der Waals surface area contributed by atoms with E-state index < -0.39 is 17.3 Å². The number of amides is 1. The van der Waals surface area contributed by atoms with E-state index in [1.54, 1.807) is 12.3 Å². The number of fused-ring (bicyclic) bond motifs is 1. The van der Waals surface area contributed by atoms with Crippen LogP contribution in [0.4, 0.5) is 15.8 Å². The first-order valence-corrected chi connectivity index (χ1v) is 9.90. The van der Waals surface area contributed by atoms with Crippen molar-refractivity contribution in [2.24, 2.45) is 0 Å². The van der Waals surface area contributed by atoms with Gasteiger partial charge in [-0.25, -0.2) is 9.37 Å². The Morgan fingerprint density at radius 3 is 2.71 bits per heavy atom. The lowest BCUT2D eigenvalue weighted by atomic mass is 10.0. The van der Waals surface area contributed by atoms with Crippen LogP contribution in [0.2, 0.25) is 0 Å². The number of benzene rings is 1. The summed E-state index contributed by atoms with van der Waals surface area (Å²) in [6.07, 6.45) is 2.88. The standard InChI is InChI=1S/C21H23FN6O3/c1-11-9-28(10-12(2)25-11)17-5-4-14(18-15(17)8-24-21(27-18)31-3)19(29)26-13-6-16(22)20(30)23-7-13/h4-8,11-12,25H,9-10H2,1-3H3,(H,23,30)(H,26,29)/t11-,12-/m1/s1. The molecule has 0 radical (unpaired) electrons. The quantitative estimate of drug-likeness (QED) is 0.584. The third kappa shape index (κ3) is 4.19. The predicted octanol–water partition coefficient (Wildman–Crippen LogP) is 1.90. The number of pyridine rings is 1. The first-order valence-electron chi connectivity index (χ1n) is 9.90. The molecule has 1 aromatic carbocycles. The molecule has 2 atom stereocenters. The van der Waals surface area contributed by atoms with Crippen molar-refractivity contribution in [3.63, 3.8) is 0 Å². The van der Waals surface area contributed by atoms with Crippen LogP contribution in [-0.2, 0) is 0 Å². The summed E-state index contributed by atoms with van der Waals surface area (Å²) in [6, 6.07) is 5.25. The van der Waals surface area contributed by atoms with Gasteiger partial charge in [-0.2, -0.15) is 4.98 Å². The summed E-state index contributed by atoms with van der Waals surface area (Å²) in [5, 5.41) is 6.80. The second-order valence-electron chi connectivity index (χ2n) is 7.64. The minimum Gasteiger partial charge on any atom is -0.467 e. The summed E-state index contributed by atoms with van der Waals surface area (Å²) in [7, 11) is 1.45. The van der Waals surface area contributed by atoms with Crippen molar-refractivity contribution < 1.29 is 13.9 Å². The highest BCUT2D eigenvalue weighted by Crippen LogP contribution is 2.30. The molecule has 31 heavy (non-hydrogen) atoms. The molecule has 3 heterocycles. The van der Waals surface area contributed by atoms with Gasteiger partial charge in [0.15, 0.2) is 5.82 Å². The van der Waals surface area contributed by atoms with E-state index in [2.05, 4.69) is 44.3 Å². The fourth-order valence-corrected chi connectivity index (χ4v) is 3.90. The van der Waals surface area contributed by atoms with Crippen molar-refractivity contribution in [2.75, 3.05) is 30.4 Å². The van der Waals surface area contributed by atoms with Crippen LogP contribution in [0.25, 0.3) is 10.9 Å². The third-order valence-electron chi connectivity index (χ3n) is 5.15. The summed E-state index contributed by atoms with van der Waals surface area (Å²) in [5.74, 6) is -1.48. The molecular formula is C21H23FN6O3. The number of aromatic amines is 1. The van der Waals surface area contributed by atoms with Crippen LogP contribution in [0.5, 0.6) is 6.01 Å². The molecule has 2 aromatic heterocycles. The van der Waals surface area contributed by atoms with Crippen LogP contribution in [0, 0.1) is 5.82 Å². The summed E-state index contributed by atoms with van der Waals surface area (Å²) >= 11 is 0. The van der Waals surface area contributed by atoms with Crippen molar-refractivity contribution in [3.8, 4) is 6.01 Å². The molecule has 1 saturated heterocycles. The molecule has 0 unspecified atom stereocenters. The summed E-state index contributed by atoms with van der Waals surface area (Å²) in [5.41, 5.74) is 0.896. The first kappa shape index (κ1) is 20.7. The summed E-state index contributed by atoms with van der Waals surface area (Å²) in [4.78, 5) is 37.3. The van der Waals surface area contributed by atoms with Crippen molar-refractivity contribution in [2.45, 2.75) is 25.9 Å². The van der Waals surface area contributed by atoms with Gasteiger partial charge in [0.2, 0.25) is 0 Å². The summed E-state index contributed by atoms with van der Waals surface area (Å²) in [6.45, 7) is 5.84. The van der Waals surface area contributed by atoms with Gasteiger partial charge in [-0.3, -0.25) is 9.59 Å². The lowest BCUT2D eigenvalue weighted by Crippen LogP contribution is -2.54. The molecule has 1 aliphatic heterocycles. The number of carbonyl (C=O) groups excluding carboxylic acids is 1. The number of methoxy groups -OCH3 is 1. The van der Waals surface area contributed by atoms with Gasteiger partial charge in [-0.05, 0) is 26.0 Å². The van der Waals surface area contributed by atoms with Gasteiger partial charge >= 0.3 is 6.01 Å². The number of anilines is 2. The van der Waals surface area contributed by atoms with Gasteiger partial charge < -0.3 is 25.3 Å². The molecule has 10 heteroatoms. The van der Waals surface area contributed by atoms with Crippen molar-refractivity contribution in [3.05, 3.63) is 52.3 Å².